The van der Waals surface area contributed by atoms with E-state index >= 15 is 0 Å². The molecular weight excluding hydrogens is 268 g/mol. The quantitative estimate of drug-likeness (QED) is 0.776. The van der Waals surface area contributed by atoms with E-state index in [2.05, 4.69) is 20.4 Å². The van der Waals surface area contributed by atoms with E-state index in [1.165, 1.54) is 0 Å². The van der Waals surface area contributed by atoms with Crippen LogP contribution in [0.3, 0.4) is 0 Å². The van der Waals surface area contributed by atoms with Gasteiger partial charge in [-0.05, 0) is 19.9 Å². The molecule has 0 unspecified atom stereocenters. The van der Waals surface area contributed by atoms with Crippen molar-refractivity contribution in [2.75, 3.05) is 12.4 Å². The third-order valence-corrected chi connectivity index (χ3v) is 3.19. The van der Waals surface area contributed by atoms with Gasteiger partial charge in [0.2, 0.25) is 0 Å². The van der Waals surface area contributed by atoms with Crippen LogP contribution >= 0.6 is 0 Å². The van der Waals surface area contributed by atoms with Gasteiger partial charge in [-0.15, -0.1) is 0 Å². The second kappa shape index (κ2) is 5.01. The van der Waals surface area contributed by atoms with Crippen LogP contribution in [0.2, 0.25) is 0 Å². The summed E-state index contributed by atoms with van der Waals surface area (Å²) in [6.45, 7) is 4.09. The molecular formula is C14H16N6O. The lowest BCUT2D eigenvalue weighted by atomic mass is 10.4. The number of hydrogen-bond acceptors (Lipinski definition) is 5. The summed E-state index contributed by atoms with van der Waals surface area (Å²) in [7, 11) is 1.80. The fraction of sp³-hybridized carbons (Fsp3) is 0.286. The lowest BCUT2D eigenvalue weighted by molar-refractivity contribution is 0.701. The molecule has 21 heavy (non-hydrogen) atoms. The van der Waals surface area contributed by atoms with Crippen molar-refractivity contribution < 1.29 is 0 Å². The van der Waals surface area contributed by atoms with Crippen LogP contribution < -0.4 is 10.9 Å². The Labute approximate surface area is 121 Å². The van der Waals surface area contributed by atoms with E-state index < -0.39 is 0 Å². The molecule has 3 aromatic rings. The fourth-order valence-electron chi connectivity index (χ4n) is 2.25. The van der Waals surface area contributed by atoms with Crippen molar-refractivity contribution in [1.29, 1.82) is 0 Å². The zero-order chi connectivity index (χ0) is 15.0. The summed E-state index contributed by atoms with van der Waals surface area (Å²) in [5.41, 5.74) is 2.12. The average Bonchev–Trinajstić information content (AvgIpc) is 2.83. The van der Waals surface area contributed by atoms with E-state index in [9.17, 15) is 4.79 Å². The normalized spacial score (nSPS) is 11.0. The molecule has 0 bridgehead atoms. The summed E-state index contributed by atoms with van der Waals surface area (Å²) in [5, 5.41) is 7.21. The summed E-state index contributed by atoms with van der Waals surface area (Å²) in [5.74, 6) is 1.34. The lowest BCUT2D eigenvalue weighted by Gasteiger charge is -2.07. The van der Waals surface area contributed by atoms with Crippen molar-refractivity contribution in [3.05, 3.63) is 52.1 Å². The molecule has 0 aliphatic heterocycles. The highest BCUT2D eigenvalue weighted by Crippen LogP contribution is 2.06. The van der Waals surface area contributed by atoms with E-state index in [4.69, 9.17) is 0 Å². The van der Waals surface area contributed by atoms with Crippen LogP contribution in [0.5, 0.6) is 0 Å². The van der Waals surface area contributed by atoms with Crippen LogP contribution in [-0.2, 0) is 6.54 Å². The van der Waals surface area contributed by atoms with E-state index in [0.717, 1.165) is 17.2 Å². The topological polar surface area (TPSA) is 77.1 Å². The zero-order valence-corrected chi connectivity index (χ0v) is 12.2. The van der Waals surface area contributed by atoms with Crippen molar-refractivity contribution >= 4 is 11.3 Å². The summed E-state index contributed by atoms with van der Waals surface area (Å²) < 4.78 is 3.18. The Morgan fingerprint density at radius 1 is 1.14 bits per heavy atom. The number of nitrogens with zero attached hydrogens (tertiary/aromatic N) is 5. The van der Waals surface area contributed by atoms with Gasteiger partial charge in [0, 0.05) is 31.2 Å². The molecule has 0 atom stereocenters. The highest BCUT2D eigenvalue weighted by atomic mass is 16.1. The largest absolute Gasteiger partial charge is 0.373 e. The van der Waals surface area contributed by atoms with Crippen LogP contribution in [0.15, 0.2) is 29.3 Å². The number of aryl methyl sites for hydroxylation is 2. The Kier molecular flexibility index (Phi) is 3.17. The van der Waals surface area contributed by atoms with Crippen molar-refractivity contribution in [3.8, 4) is 0 Å². The monoisotopic (exact) mass is 284 g/mol. The van der Waals surface area contributed by atoms with Crippen LogP contribution in [0.4, 0.5) is 5.82 Å². The Balaban J connectivity index is 2.03. The predicted molar refractivity (Wildman–Crippen MR) is 79.6 cm³/mol. The molecule has 0 fully saturated rings. The maximum absolute atomic E-state index is 12.4. The van der Waals surface area contributed by atoms with E-state index in [0.29, 0.717) is 17.9 Å². The van der Waals surface area contributed by atoms with Gasteiger partial charge in [0.05, 0.1) is 12.2 Å². The van der Waals surface area contributed by atoms with Crippen LogP contribution in [-0.4, -0.2) is 31.2 Å². The first-order valence-corrected chi connectivity index (χ1v) is 6.64. The van der Waals surface area contributed by atoms with E-state index in [1.807, 2.05) is 19.9 Å². The minimum absolute atomic E-state index is 0.103. The molecule has 0 aromatic carbocycles. The standard InChI is InChI=1S/C14H16N6O/c1-9-7-12(15-3)17-13(16-9)8-19-4-5-20-11(14(19)21)6-10(2)18-20/h4-7H,8H2,1-3H3,(H,15,16,17). The number of hydrogen-bond donors (Lipinski definition) is 1. The minimum atomic E-state index is -0.103. The van der Waals surface area contributed by atoms with Crippen molar-refractivity contribution in [3.63, 3.8) is 0 Å². The molecule has 0 amide bonds. The molecule has 0 saturated heterocycles. The maximum Gasteiger partial charge on any atom is 0.276 e. The van der Waals surface area contributed by atoms with Gasteiger partial charge in [-0.1, -0.05) is 0 Å². The number of fused-ring (bicyclic) bond motifs is 1. The van der Waals surface area contributed by atoms with Crippen LogP contribution in [0.1, 0.15) is 17.2 Å². The van der Waals surface area contributed by atoms with Crippen molar-refractivity contribution in [1.82, 2.24) is 24.1 Å². The SMILES string of the molecule is CNc1cc(C)nc(Cn2ccn3nc(C)cc3c2=O)n1. The van der Waals surface area contributed by atoms with Gasteiger partial charge in [0.1, 0.15) is 11.3 Å². The zero-order valence-electron chi connectivity index (χ0n) is 12.2. The first kappa shape index (κ1) is 13.3. The first-order valence-electron chi connectivity index (χ1n) is 6.64. The van der Waals surface area contributed by atoms with Crippen molar-refractivity contribution in [2.24, 2.45) is 0 Å². The molecule has 3 heterocycles. The second-order valence-corrected chi connectivity index (χ2v) is 4.91. The Morgan fingerprint density at radius 3 is 2.71 bits per heavy atom. The number of rotatable bonds is 3. The summed E-state index contributed by atoms with van der Waals surface area (Å²) in [6, 6.07) is 3.63. The van der Waals surface area contributed by atoms with E-state index in [1.54, 1.807) is 34.6 Å². The number of anilines is 1. The fourth-order valence-corrected chi connectivity index (χ4v) is 2.25. The molecule has 0 radical (unpaired) electrons. The number of nitrogens with one attached hydrogen (secondary N) is 1. The van der Waals surface area contributed by atoms with Crippen LogP contribution in [0, 0.1) is 13.8 Å². The van der Waals surface area contributed by atoms with Gasteiger partial charge >= 0.3 is 0 Å². The summed E-state index contributed by atoms with van der Waals surface area (Å²) in [6.07, 6.45) is 3.46. The van der Waals surface area contributed by atoms with Gasteiger partial charge in [-0.3, -0.25) is 4.79 Å². The minimum Gasteiger partial charge on any atom is -0.373 e. The molecule has 108 valence electrons. The van der Waals surface area contributed by atoms with Gasteiger partial charge in [-0.2, -0.15) is 5.10 Å². The van der Waals surface area contributed by atoms with Gasteiger partial charge < -0.3 is 9.88 Å². The summed E-state index contributed by atoms with van der Waals surface area (Å²) in [4.78, 5) is 21.2. The average molecular weight is 284 g/mol. The van der Waals surface area contributed by atoms with Crippen LogP contribution in [0.25, 0.3) is 5.52 Å². The molecule has 0 spiro atoms. The predicted octanol–water partition coefficient (Wildman–Crippen LogP) is 0.993. The number of aromatic nitrogens is 5. The Bertz CT molecular complexity index is 864. The molecule has 0 saturated carbocycles. The summed E-state index contributed by atoms with van der Waals surface area (Å²) >= 11 is 0. The van der Waals surface area contributed by atoms with E-state index in [-0.39, 0.29) is 5.56 Å². The smallest absolute Gasteiger partial charge is 0.276 e. The molecule has 7 heteroatoms. The molecule has 0 aliphatic carbocycles. The maximum atomic E-state index is 12.4. The first-order chi connectivity index (χ1) is 10.1. The van der Waals surface area contributed by atoms with Gasteiger partial charge in [0.25, 0.3) is 5.56 Å². The van der Waals surface area contributed by atoms with Gasteiger partial charge in [0.15, 0.2) is 5.82 Å². The van der Waals surface area contributed by atoms with Gasteiger partial charge in [-0.25, -0.2) is 14.5 Å². The molecule has 3 rings (SSSR count). The molecule has 1 N–H and O–H groups in total. The van der Waals surface area contributed by atoms with Crippen molar-refractivity contribution in [2.45, 2.75) is 20.4 Å². The Morgan fingerprint density at radius 2 is 1.95 bits per heavy atom. The molecule has 7 nitrogen and oxygen atoms in total. The second-order valence-electron chi connectivity index (χ2n) is 4.91. The lowest BCUT2D eigenvalue weighted by Crippen LogP contribution is -2.23. The Hall–Kier alpha value is -2.70. The molecule has 3 aromatic heterocycles. The highest BCUT2D eigenvalue weighted by molar-refractivity contribution is 5.45. The third kappa shape index (κ3) is 2.49. The highest BCUT2D eigenvalue weighted by Gasteiger charge is 2.08. The third-order valence-electron chi connectivity index (χ3n) is 3.19. The molecule has 0 aliphatic rings.